The first-order chi connectivity index (χ1) is 23.6. The van der Waals surface area contributed by atoms with Gasteiger partial charge in [0.05, 0.1) is 11.1 Å². The van der Waals surface area contributed by atoms with Gasteiger partial charge < -0.3 is 19.2 Å². The molecule has 2 aliphatic rings. The van der Waals surface area contributed by atoms with E-state index < -0.39 is 35.7 Å². The summed E-state index contributed by atoms with van der Waals surface area (Å²) in [7, 11) is 0. The van der Waals surface area contributed by atoms with Crippen LogP contribution in [0.4, 0.5) is 0 Å². The zero-order valence-electron chi connectivity index (χ0n) is 30.3. The first kappa shape index (κ1) is 45.2. The minimum absolute atomic E-state index is 0. The molecule has 52 heavy (non-hydrogen) atoms. The summed E-state index contributed by atoms with van der Waals surface area (Å²) in [5.74, 6) is -2.02. The third-order valence-electron chi connectivity index (χ3n) is 8.36. The van der Waals surface area contributed by atoms with Crippen molar-refractivity contribution in [3.63, 3.8) is 0 Å². The zero-order chi connectivity index (χ0) is 37.0. The number of nitrogens with zero attached hydrogens (tertiary/aromatic N) is 2. The Kier molecular flexibility index (Phi) is 16.5. The quantitative estimate of drug-likeness (QED) is 0.169. The molecule has 2 radical (unpaired) electrons. The Morgan fingerprint density at radius 2 is 1.08 bits per heavy atom. The van der Waals surface area contributed by atoms with Gasteiger partial charge in [-0.2, -0.15) is 12.8 Å². The molecule has 3 aromatic carbocycles. The third-order valence-corrected chi connectivity index (χ3v) is 8.36. The topological polar surface area (TPSA) is 143 Å². The van der Waals surface area contributed by atoms with Crippen molar-refractivity contribution < 1.29 is 104 Å². The number of rotatable bonds is 12. The van der Waals surface area contributed by atoms with Crippen LogP contribution in [0, 0.1) is 10.8 Å². The molecule has 2 atom stereocenters. The van der Waals surface area contributed by atoms with Crippen molar-refractivity contribution in [2.24, 2.45) is 10.8 Å². The number of hydrogen-bond donors (Lipinski definition) is 0. The van der Waals surface area contributed by atoms with Crippen LogP contribution >= 0.6 is 0 Å². The van der Waals surface area contributed by atoms with Crippen LogP contribution in [0.2, 0.25) is 0 Å². The van der Waals surface area contributed by atoms with Crippen LogP contribution in [0.3, 0.4) is 0 Å². The van der Waals surface area contributed by atoms with E-state index in [1.54, 1.807) is 49.4 Å². The standard InChI is InChI=1S/C22H21NO4.C18H19NO4.2Y/c1-22(2,3)12-14-10-15-6-4-8-17-19(15)18(11-14)21(27)23(20(17)26)16(13-25)7-5-9-24;1-18(2,3)10-12-6-4-8-14-15(12)17(23)19(16(14)22)13(11-21)7-5-9-20;;/h4,6,8,10-11,16H,5,7,12H2,1-3H3;4,6,8,13H,5,7,10H2,1-3H3;;/q2*-2;;. The molecule has 4 amide bonds. The average Bonchev–Trinajstić information content (AvgIpc) is 3.30. The first-order valence-electron chi connectivity index (χ1n) is 16.5. The Hall–Kier alpha value is -2.91. The molecule has 0 saturated heterocycles. The summed E-state index contributed by atoms with van der Waals surface area (Å²) in [5.41, 5.74) is 3.26. The van der Waals surface area contributed by atoms with Crippen LogP contribution in [-0.2, 0) is 97.4 Å². The molecule has 0 aliphatic carbocycles. The molecule has 0 fully saturated rings. The number of hydrogen-bond acceptors (Lipinski definition) is 8. The smallest absolute Gasteiger partial charge is 0.259 e. The number of fused-ring (bicyclic) bond motifs is 1. The van der Waals surface area contributed by atoms with Gasteiger partial charge in [0.15, 0.2) is 0 Å². The van der Waals surface area contributed by atoms with Crippen LogP contribution in [0.25, 0.3) is 10.8 Å². The van der Waals surface area contributed by atoms with E-state index in [4.69, 9.17) is 0 Å². The van der Waals surface area contributed by atoms with Crippen molar-refractivity contribution in [3.05, 3.63) is 81.9 Å². The summed E-state index contributed by atoms with van der Waals surface area (Å²) in [5, 5.41) is 1.45. The van der Waals surface area contributed by atoms with Gasteiger partial charge in [0.1, 0.15) is 0 Å². The second-order valence-electron chi connectivity index (χ2n) is 15.0. The summed E-state index contributed by atoms with van der Waals surface area (Å²) in [6.07, 6.45) is 8.22. The van der Waals surface area contributed by atoms with Gasteiger partial charge in [0, 0.05) is 81.9 Å². The van der Waals surface area contributed by atoms with Gasteiger partial charge >= 0.3 is 0 Å². The van der Waals surface area contributed by atoms with Crippen molar-refractivity contribution in [2.75, 3.05) is 0 Å². The Morgan fingerprint density at radius 1 is 0.596 bits per heavy atom. The molecule has 0 N–H and O–H groups in total. The molecule has 268 valence electrons. The van der Waals surface area contributed by atoms with Gasteiger partial charge in [-0.1, -0.05) is 96.8 Å². The molecule has 10 nitrogen and oxygen atoms in total. The van der Waals surface area contributed by atoms with Gasteiger partial charge in [-0.05, 0) is 58.4 Å². The Bertz CT molecular complexity index is 1880. The fourth-order valence-corrected chi connectivity index (χ4v) is 6.43. The normalized spacial score (nSPS) is 14.7. The molecule has 0 saturated carbocycles. The molecular formula is C40H40N2O8Y2-4. The molecule has 2 aliphatic heterocycles. The van der Waals surface area contributed by atoms with E-state index >= 15 is 0 Å². The monoisotopic (exact) mass is 854 g/mol. The van der Waals surface area contributed by atoms with Crippen molar-refractivity contribution in [1.29, 1.82) is 0 Å². The summed E-state index contributed by atoms with van der Waals surface area (Å²) in [6, 6.07) is 12.2. The van der Waals surface area contributed by atoms with Gasteiger partial charge in [-0.3, -0.25) is 41.6 Å². The molecule has 0 spiro atoms. The fourth-order valence-electron chi connectivity index (χ4n) is 6.43. The Labute approximate surface area is 355 Å². The van der Waals surface area contributed by atoms with E-state index in [0.29, 0.717) is 34.1 Å². The second-order valence-corrected chi connectivity index (χ2v) is 15.0. The summed E-state index contributed by atoms with van der Waals surface area (Å²) in [6.45, 7) is 12.5. The molecular weight excluding hydrogens is 814 g/mol. The maximum absolute atomic E-state index is 13.1. The second kappa shape index (κ2) is 18.9. The number of imide groups is 2. The molecule has 0 aromatic heterocycles. The van der Waals surface area contributed by atoms with Crippen molar-refractivity contribution >= 4 is 59.5 Å². The minimum atomic E-state index is -1.10. The molecule has 5 rings (SSSR count). The van der Waals surface area contributed by atoms with Crippen LogP contribution < -0.4 is 0 Å². The maximum atomic E-state index is 13.1. The molecule has 12 heteroatoms. The molecule has 0 bridgehead atoms. The molecule has 2 heterocycles. The largest absolute Gasteiger partial charge is 0.542 e. The third kappa shape index (κ3) is 10.2. The number of amides is 4. The van der Waals surface area contributed by atoms with E-state index in [1.807, 2.05) is 45.0 Å². The summed E-state index contributed by atoms with van der Waals surface area (Å²) >= 11 is 0. The van der Waals surface area contributed by atoms with E-state index in [-0.39, 0.29) is 102 Å². The number of carbonyl (C=O) groups excluding carboxylic acids is 8. The van der Waals surface area contributed by atoms with Crippen LogP contribution in [-0.4, -0.2) is 70.7 Å². The summed E-state index contributed by atoms with van der Waals surface area (Å²) < 4.78 is 0. The van der Waals surface area contributed by atoms with E-state index in [9.17, 15) is 38.4 Å². The van der Waals surface area contributed by atoms with E-state index in [0.717, 1.165) is 32.7 Å². The van der Waals surface area contributed by atoms with Gasteiger partial charge in [0.2, 0.25) is 0 Å². The maximum Gasteiger partial charge on any atom is 0.259 e. The SMILES string of the molecule is CC(C)(C)Cc1cc2c3c(cccc3c1)C(=O)N(C([C-]=O)CC[C-]=O)C2=O.CC(C)(C)Cc1cccc2c1C(=O)N(C([C-]=O)CC[C-]=O)C2=O.[Y].[Y]. The van der Waals surface area contributed by atoms with Crippen molar-refractivity contribution in [2.45, 2.75) is 92.2 Å². The number of benzene rings is 3. The number of carbonyl (C=O) groups is 4. The van der Waals surface area contributed by atoms with Crippen LogP contribution in [0.5, 0.6) is 0 Å². The zero-order valence-corrected chi connectivity index (χ0v) is 36.0. The summed E-state index contributed by atoms with van der Waals surface area (Å²) in [4.78, 5) is 96.6. The van der Waals surface area contributed by atoms with Crippen LogP contribution in [0.15, 0.2) is 48.5 Å². The van der Waals surface area contributed by atoms with Crippen molar-refractivity contribution in [3.8, 4) is 0 Å². The molecule has 2 unspecified atom stereocenters. The van der Waals surface area contributed by atoms with E-state index in [2.05, 4.69) is 20.8 Å². The van der Waals surface area contributed by atoms with Crippen molar-refractivity contribution in [1.82, 2.24) is 9.80 Å². The Morgan fingerprint density at radius 3 is 1.60 bits per heavy atom. The van der Waals surface area contributed by atoms with E-state index in [1.165, 1.54) is 0 Å². The predicted octanol–water partition coefficient (Wildman–Crippen LogP) is 5.63. The van der Waals surface area contributed by atoms with Gasteiger partial charge in [-0.25, -0.2) is 12.6 Å². The van der Waals surface area contributed by atoms with Gasteiger partial charge in [-0.15, -0.1) is 0 Å². The molecule has 3 aromatic rings. The van der Waals surface area contributed by atoms with Crippen LogP contribution in [0.1, 0.15) is 120 Å². The van der Waals surface area contributed by atoms with Gasteiger partial charge in [0.25, 0.3) is 23.6 Å². The average molecular weight is 855 g/mol. The Balaban J connectivity index is 0.000000351. The minimum Gasteiger partial charge on any atom is -0.542 e. The first-order valence-corrected chi connectivity index (χ1v) is 16.5. The fraction of sp³-hybridized carbons (Fsp3) is 0.400. The predicted molar refractivity (Wildman–Crippen MR) is 187 cm³/mol.